The predicted octanol–water partition coefficient (Wildman–Crippen LogP) is 0.0367. The Labute approximate surface area is 113 Å². The van der Waals surface area contributed by atoms with Crippen LogP contribution >= 0.6 is 11.8 Å². The number of carbonyl (C=O) groups excluding carboxylic acids is 2. The van der Waals surface area contributed by atoms with Gasteiger partial charge < -0.3 is 5.11 Å². The van der Waals surface area contributed by atoms with Gasteiger partial charge in [-0.1, -0.05) is 0 Å². The molecule has 0 aromatic carbocycles. The Balaban J connectivity index is 0.000000550. The lowest BCUT2D eigenvalue weighted by molar-refractivity contribution is -0.121. The van der Waals surface area contributed by atoms with E-state index in [0.717, 1.165) is 4.90 Å². The number of nitrogens with one attached hydrogen (secondary N) is 1. The molecule has 1 fully saturated rings. The number of carbonyl (C=O) groups is 3. The van der Waals surface area contributed by atoms with Gasteiger partial charge in [-0.05, 0) is 23.9 Å². The molecule has 0 radical (unpaired) electrons. The summed E-state index contributed by atoms with van der Waals surface area (Å²) in [6.45, 7) is 0. The summed E-state index contributed by atoms with van der Waals surface area (Å²) < 4.78 is 0. The van der Waals surface area contributed by atoms with E-state index in [-0.39, 0.29) is 24.2 Å². The highest BCUT2D eigenvalue weighted by Gasteiger charge is 2.33. The molecule has 1 aromatic rings. The van der Waals surface area contributed by atoms with E-state index in [0.29, 0.717) is 0 Å². The van der Waals surface area contributed by atoms with Crippen molar-refractivity contribution in [3.63, 3.8) is 0 Å². The number of aromatic nitrogens is 1. The minimum absolute atomic E-state index is 0.0949. The van der Waals surface area contributed by atoms with Crippen molar-refractivity contribution >= 4 is 35.4 Å². The third-order valence-electron chi connectivity index (χ3n) is 2.28. The average Bonchev–Trinajstić information content (AvgIpc) is 2.70. The molecule has 1 saturated heterocycles. The van der Waals surface area contributed by atoms with Crippen LogP contribution in [0.25, 0.3) is 0 Å². The molecule has 102 valence electrons. The molecular formula is C10H11ClN4O4. The fraction of sp³-hybridized carbons (Fsp3) is 0.200. The Morgan fingerprint density at radius 1 is 1.42 bits per heavy atom. The molecule has 0 aliphatic carbocycles. The molecule has 0 unspecified atom stereocenters. The van der Waals surface area contributed by atoms with Gasteiger partial charge in [-0.3, -0.25) is 15.4 Å². The number of rotatable bonds is 2. The number of carboxylic acid groups (broad SMARTS) is 1. The Morgan fingerprint density at radius 3 is 2.42 bits per heavy atom. The normalized spacial score (nSPS) is 14.1. The Bertz CT molecular complexity index is 492. The molecule has 0 atom stereocenters. The number of anilines is 1. The number of hydrogen-bond acceptors (Lipinski definition) is 6. The van der Waals surface area contributed by atoms with Crippen molar-refractivity contribution in [2.45, 2.75) is 12.8 Å². The van der Waals surface area contributed by atoms with E-state index in [2.05, 4.69) is 22.6 Å². The third-order valence-corrected chi connectivity index (χ3v) is 2.28. The number of carboxylic acids is 1. The van der Waals surface area contributed by atoms with Crippen LogP contribution in [0.4, 0.5) is 5.82 Å². The van der Waals surface area contributed by atoms with Gasteiger partial charge in [0.1, 0.15) is 5.56 Å². The molecule has 1 aliphatic heterocycles. The maximum absolute atomic E-state index is 11.4. The lowest BCUT2D eigenvalue weighted by Gasteiger charge is -2.14. The molecule has 9 heteroatoms. The quantitative estimate of drug-likeness (QED) is 0.303. The fourth-order valence-electron chi connectivity index (χ4n) is 1.55. The van der Waals surface area contributed by atoms with Crippen molar-refractivity contribution in [1.82, 2.24) is 9.93 Å². The van der Waals surface area contributed by atoms with E-state index >= 15 is 0 Å². The Morgan fingerprint density at radius 2 is 1.95 bits per heavy atom. The SMILES string of the molecule is NNCl.O=C(O)c1cccnc1N1C(=O)CCC1=O. The Kier molecular flexibility index (Phi) is 5.37. The number of amides is 2. The van der Waals surface area contributed by atoms with E-state index in [1.807, 2.05) is 0 Å². The molecule has 0 bridgehead atoms. The van der Waals surface area contributed by atoms with Crippen LogP contribution in [0.2, 0.25) is 0 Å². The van der Waals surface area contributed by atoms with Gasteiger partial charge in [0.25, 0.3) is 0 Å². The molecule has 19 heavy (non-hydrogen) atoms. The first-order valence-corrected chi connectivity index (χ1v) is 5.51. The second-order valence-electron chi connectivity index (χ2n) is 3.41. The molecule has 0 saturated carbocycles. The lowest BCUT2D eigenvalue weighted by atomic mass is 10.2. The number of nitrogens with two attached hydrogens (primary N) is 1. The number of halogens is 1. The largest absolute Gasteiger partial charge is 0.478 e. The first-order chi connectivity index (χ1) is 9.02. The zero-order valence-electron chi connectivity index (χ0n) is 9.67. The molecule has 2 amide bonds. The van der Waals surface area contributed by atoms with Crippen molar-refractivity contribution in [2.75, 3.05) is 4.90 Å². The third kappa shape index (κ3) is 3.47. The van der Waals surface area contributed by atoms with E-state index in [1.54, 1.807) is 4.94 Å². The van der Waals surface area contributed by atoms with E-state index in [9.17, 15) is 14.4 Å². The summed E-state index contributed by atoms with van der Waals surface area (Å²) in [6.07, 6.45) is 1.56. The van der Waals surface area contributed by atoms with Crippen LogP contribution in [0.15, 0.2) is 18.3 Å². The standard InChI is InChI=1S/C10H8N2O4.ClH3N2/c13-7-3-4-8(14)12(7)9-6(10(15)16)2-1-5-11-9;1-3-2/h1-2,5H,3-4H2,(H,15,16);3H,2H2. The number of nitrogens with zero attached hydrogens (tertiary/aromatic N) is 2. The summed E-state index contributed by atoms with van der Waals surface area (Å²) in [6, 6.07) is 2.75. The molecule has 1 aliphatic rings. The summed E-state index contributed by atoms with van der Waals surface area (Å²) in [7, 11) is 0. The molecule has 0 spiro atoms. The maximum atomic E-state index is 11.4. The highest BCUT2D eigenvalue weighted by molar-refractivity contribution is 6.21. The highest BCUT2D eigenvalue weighted by atomic mass is 35.5. The van der Waals surface area contributed by atoms with Crippen LogP contribution in [0.1, 0.15) is 23.2 Å². The van der Waals surface area contributed by atoms with Gasteiger partial charge in [0, 0.05) is 19.0 Å². The van der Waals surface area contributed by atoms with Gasteiger partial charge >= 0.3 is 5.97 Å². The molecule has 2 heterocycles. The fourth-order valence-corrected chi connectivity index (χ4v) is 1.55. The predicted molar refractivity (Wildman–Crippen MR) is 66.1 cm³/mol. The first kappa shape index (κ1) is 15.0. The highest BCUT2D eigenvalue weighted by Crippen LogP contribution is 2.23. The summed E-state index contributed by atoms with van der Waals surface area (Å²) in [5.41, 5.74) is -0.147. The van der Waals surface area contributed by atoms with Crippen LogP contribution in [-0.4, -0.2) is 27.9 Å². The van der Waals surface area contributed by atoms with E-state index in [4.69, 9.17) is 5.11 Å². The molecule has 2 rings (SSSR count). The van der Waals surface area contributed by atoms with Crippen molar-refractivity contribution < 1.29 is 19.5 Å². The molecule has 4 N–H and O–H groups in total. The maximum Gasteiger partial charge on any atom is 0.339 e. The number of pyridine rings is 1. The number of hydrazine groups is 1. The molecule has 8 nitrogen and oxygen atoms in total. The van der Waals surface area contributed by atoms with Gasteiger partial charge in [-0.2, -0.15) is 4.94 Å². The van der Waals surface area contributed by atoms with E-state index in [1.165, 1.54) is 18.3 Å². The Hall–Kier alpha value is -2.03. The van der Waals surface area contributed by atoms with Gasteiger partial charge in [0.15, 0.2) is 5.82 Å². The van der Waals surface area contributed by atoms with Crippen molar-refractivity contribution in [3.8, 4) is 0 Å². The number of aromatic carboxylic acids is 1. The van der Waals surface area contributed by atoms with Gasteiger partial charge in [-0.15, -0.1) is 0 Å². The summed E-state index contributed by atoms with van der Waals surface area (Å²) in [5, 5.41) is 8.91. The zero-order chi connectivity index (χ0) is 14.4. The van der Waals surface area contributed by atoms with Crippen molar-refractivity contribution in [3.05, 3.63) is 23.9 Å². The minimum Gasteiger partial charge on any atom is -0.478 e. The number of imide groups is 1. The first-order valence-electron chi connectivity index (χ1n) is 5.13. The van der Waals surface area contributed by atoms with Gasteiger partial charge in [-0.25, -0.2) is 14.7 Å². The van der Waals surface area contributed by atoms with Crippen LogP contribution in [0, 0.1) is 0 Å². The smallest absolute Gasteiger partial charge is 0.339 e. The van der Waals surface area contributed by atoms with Gasteiger partial charge in [0.2, 0.25) is 11.8 Å². The second kappa shape index (κ2) is 6.78. The lowest BCUT2D eigenvalue weighted by Crippen LogP contribution is -2.31. The van der Waals surface area contributed by atoms with Gasteiger partial charge in [0.05, 0.1) is 0 Å². The van der Waals surface area contributed by atoms with Crippen LogP contribution in [0.5, 0.6) is 0 Å². The summed E-state index contributed by atoms with van der Waals surface area (Å²) in [5.74, 6) is 2.23. The second-order valence-corrected chi connectivity index (χ2v) is 3.63. The van der Waals surface area contributed by atoms with E-state index < -0.39 is 17.8 Å². The van der Waals surface area contributed by atoms with Crippen LogP contribution < -0.4 is 15.7 Å². The topological polar surface area (TPSA) is 126 Å². The zero-order valence-corrected chi connectivity index (χ0v) is 10.4. The van der Waals surface area contributed by atoms with Crippen LogP contribution in [-0.2, 0) is 9.59 Å². The minimum atomic E-state index is -1.21. The average molecular weight is 287 g/mol. The van der Waals surface area contributed by atoms with Crippen molar-refractivity contribution in [2.24, 2.45) is 5.84 Å². The molecular weight excluding hydrogens is 276 g/mol. The van der Waals surface area contributed by atoms with Crippen molar-refractivity contribution in [1.29, 1.82) is 0 Å². The summed E-state index contributed by atoms with van der Waals surface area (Å²) >= 11 is 4.53. The number of hydrogen-bond donors (Lipinski definition) is 3. The monoisotopic (exact) mass is 286 g/mol. The van der Waals surface area contributed by atoms with Crippen LogP contribution in [0.3, 0.4) is 0 Å². The molecule has 1 aromatic heterocycles. The summed E-state index contributed by atoms with van der Waals surface area (Å²) in [4.78, 5) is 40.1.